The van der Waals surface area contributed by atoms with Gasteiger partial charge in [-0.05, 0) is 24.1 Å². The minimum Gasteiger partial charge on any atom is -0.259 e. The first kappa shape index (κ1) is 12.9. The molecule has 0 fully saturated rings. The lowest BCUT2D eigenvalue weighted by atomic mass is 10.2. The summed E-state index contributed by atoms with van der Waals surface area (Å²) in [4.78, 5) is 0. The molecule has 86 valence electrons. The van der Waals surface area contributed by atoms with E-state index in [1.54, 1.807) is 12.1 Å². The Balaban J connectivity index is 2.41. The van der Waals surface area contributed by atoms with Gasteiger partial charge in [0.15, 0.2) is 0 Å². The number of benzene rings is 1. The van der Waals surface area contributed by atoms with E-state index in [2.05, 4.69) is 13.0 Å². The van der Waals surface area contributed by atoms with Crippen molar-refractivity contribution in [1.82, 2.24) is 0 Å². The summed E-state index contributed by atoms with van der Waals surface area (Å²) in [6.07, 6.45) is 3.35. The van der Waals surface area contributed by atoms with Gasteiger partial charge in [0.2, 0.25) is 0 Å². The summed E-state index contributed by atoms with van der Waals surface area (Å²) < 4.78 is 11.7. The van der Waals surface area contributed by atoms with E-state index in [4.69, 9.17) is 5.26 Å². The van der Waals surface area contributed by atoms with Gasteiger partial charge in [0.05, 0.1) is 11.6 Å². The molecule has 0 bridgehead atoms. The van der Waals surface area contributed by atoms with Crippen LogP contribution in [-0.2, 0) is 16.6 Å². The van der Waals surface area contributed by atoms with Gasteiger partial charge in [-0.15, -0.1) is 0 Å². The highest BCUT2D eigenvalue weighted by atomic mass is 32.2. The lowest BCUT2D eigenvalue weighted by molar-refractivity contribution is 0.676. The van der Waals surface area contributed by atoms with E-state index in [0.717, 1.165) is 30.6 Å². The van der Waals surface area contributed by atoms with Crippen molar-refractivity contribution < 1.29 is 4.21 Å². The van der Waals surface area contributed by atoms with Crippen molar-refractivity contribution in [1.29, 1.82) is 5.26 Å². The molecule has 0 spiro atoms. The molecule has 0 aliphatic carbocycles. The molecule has 1 aromatic carbocycles. The first-order valence-corrected chi connectivity index (χ1v) is 7.09. The van der Waals surface area contributed by atoms with E-state index >= 15 is 0 Å². The molecule has 1 aromatic rings. The lowest BCUT2D eigenvalue weighted by Gasteiger charge is -2.02. The fourth-order valence-corrected chi connectivity index (χ4v) is 2.68. The smallest absolute Gasteiger partial charge is 0.0991 e. The molecule has 0 aliphatic heterocycles. The number of nitrogens with zero attached hydrogens (tertiary/aromatic N) is 1. The standard InChI is InChI=1S/C13H17NOS/c1-2-3-4-9-16(15)11-13-7-5-12(10-14)6-8-13/h5-8H,2-4,9,11H2,1H3. The van der Waals surface area contributed by atoms with E-state index in [1.165, 1.54) is 0 Å². The summed E-state index contributed by atoms with van der Waals surface area (Å²) in [7, 11) is -0.764. The van der Waals surface area contributed by atoms with E-state index in [0.29, 0.717) is 11.3 Å². The molecule has 3 heteroatoms. The SMILES string of the molecule is CCCCCS(=O)Cc1ccc(C#N)cc1. The van der Waals surface area contributed by atoms with Gasteiger partial charge < -0.3 is 0 Å². The number of rotatable bonds is 6. The molecule has 16 heavy (non-hydrogen) atoms. The first-order valence-electron chi connectivity index (χ1n) is 5.60. The molecular weight excluding hydrogens is 218 g/mol. The Morgan fingerprint density at radius 3 is 2.50 bits per heavy atom. The van der Waals surface area contributed by atoms with Crippen LogP contribution in [0.25, 0.3) is 0 Å². The van der Waals surface area contributed by atoms with Crippen LogP contribution in [0.5, 0.6) is 0 Å². The second kappa shape index (κ2) is 7.19. The topological polar surface area (TPSA) is 40.9 Å². The van der Waals surface area contributed by atoms with E-state index in [9.17, 15) is 4.21 Å². The molecule has 0 heterocycles. The Kier molecular flexibility index (Phi) is 5.81. The van der Waals surface area contributed by atoms with Gasteiger partial charge in [-0.3, -0.25) is 4.21 Å². The molecule has 0 aliphatic rings. The summed E-state index contributed by atoms with van der Waals surface area (Å²) in [6, 6.07) is 9.40. The number of nitriles is 1. The van der Waals surface area contributed by atoms with Gasteiger partial charge in [0, 0.05) is 22.3 Å². The summed E-state index contributed by atoms with van der Waals surface area (Å²) in [5, 5.41) is 8.64. The Bertz CT molecular complexity index is 378. The van der Waals surface area contributed by atoms with Crippen LogP contribution in [0, 0.1) is 11.3 Å². The zero-order valence-electron chi connectivity index (χ0n) is 9.61. The van der Waals surface area contributed by atoms with Crippen molar-refractivity contribution in [2.24, 2.45) is 0 Å². The maximum absolute atomic E-state index is 11.7. The summed E-state index contributed by atoms with van der Waals surface area (Å²) in [5.41, 5.74) is 1.70. The molecule has 0 saturated heterocycles. The third kappa shape index (κ3) is 4.59. The van der Waals surface area contributed by atoms with Crippen LogP contribution in [0.3, 0.4) is 0 Å². The minimum absolute atomic E-state index is 0.607. The van der Waals surface area contributed by atoms with E-state index in [-0.39, 0.29) is 0 Å². The van der Waals surface area contributed by atoms with Crippen LogP contribution in [-0.4, -0.2) is 9.96 Å². The van der Waals surface area contributed by atoms with Gasteiger partial charge in [-0.25, -0.2) is 0 Å². The fourth-order valence-electron chi connectivity index (χ4n) is 1.45. The predicted molar refractivity (Wildman–Crippen MR) is 67.4 cm³/mol. The Labute approximate surface area is 99.8 Å². The molecule has 0 saturated carbocycles. The van der Waals surface area contributed by atoms with E-state index in [1.807, 2.05) is 12.1 Å². The third-order valence-electron chi connectivity index (χ3n) is 2.39. The Morgan fingerprint density at radius 1 is 1.25 bits per heavy atom. The largest absolute Gasteiger partial charge is 0.259 e. The zero-order chi connectivity index (χ0) is 11.8. The lowest BCUT2D eigenvalue weighted by Crippen LogP contribution is -2.01. The van der Waals surface area contributed by atoms with Crippen molar-refractivity contribution in [2.75, 3.05) is 5.75 Å². The predicted octanol–water partition coefficient (Wildman–Crippen LogP) is 3.00. The van der Waals surface area contributed by atoms with Crippen LogP contribution in [0.4, 0.5) is 0 Å². The highest BCUT2D eigenvalue weighted by molar-refractivity contribution is 7.84. The zero-order valence-corrected chi connectivity index (χ0v) is 10.4. The number of hydrogen-bond donors (Lipinski definition) is 0. The quantitative estimate of drug-likeness (QED) is 0.711. The first-order chi connectivity index (χ1) is 7.76. The van der Waals surface area contributed by atoms with Crippen LogP contribution >= 0.6 is 0 Å². The maximum Gasteiger partial charge on any atom is 0.0991 e. The number of unbranched alkanes of at least 4 members (excludes halogenated alkanes) is 2. The van der Waals surface area contributed by atoms with Crippen LogP contribution in [0.15, 0.2) is 24.3 Å². The molecule has 0 radical (unpaired) electrons. The molecule has 0 aromatic heterocycles. The molecule has 0 amide bonds. The number of hydrogen-bond acceptors (Lipinski definition) is 2. The van der Waals surface area contributed by atoms with Crippen LogP contribution < -0.4 is 0 Å². The van der Waals surface area contributed by atoms with Gasteiger partial charge in [0.1, 0.15) is 0 Å². The Hall–Kier alpha value is -1.14. The second-order valence-corrected chi connectivity index (χ2v) is 5.38. The molecule has 0 N–H and O–H groups in total. The normalized spacial score (nSPS) is 12.0. The van der Waals surface area contributed by atoms with Crippen LogP contribution in [0.1, 0.15) is 37.3 Å². The average Bonchev–Trinajstić information content (AvgIpc) is 2.30. The summed E-state index contributed by atoms with van der Waals surface area (Å²) >= 11 is 0. The average molecular weight is 235 g/mol. The van der Waals surface area contributed by atoms with Gasteiger partial charge in [-0.2, -0.15) is 5.26 Å². The van der Waals surface area contributed by atoms with Crippen molar-refractivity contribution >= 4 is 10.8 Å². The molecular formula is C13H17NOS. The van der Waals surface area contributed by atoms with Gasteiger partial charge in [-0.1, -0.05) is 31.9 Å². The fraction of sp³-hybridized carbons (Fsp3) is 0.462. The summed E-state index contributed by atoms with van der Waals surface area (Å²) in [5.74, 6) is 1.39. The van der Waals surface area contributed by atoms with Crippen LogP contribution in [0.2, 0.25) is 0 Å². The monoisotopic (exact) mass is 235 g/mol. The maximum atomic E-state index is 11.7. The van der Waals surface area contributed by atoms with E-state index < -0.39 is 10.8 Å². The van der Waals surface area contributed by atoms with Gasteiger partial charge in [0.25, 0.3) is 0 Å². The molecule has 1 rings (SSSR count). The minimum atomic E-state index is -0.764. The van der Waals surface area contributed by atoms with Crippen molar-refractivity contribution in [3.63, 3.8) is 0 Å². The van der Waals surface area contributed by atoms with Crippen molar-refractivity contribution in [3.05, 3.63) is 35.4 Å². The summed E-state index contributed by atoms with van der Waals surface area (Å²) in [6.45, 7) is 2.14. The second-order valence-electron chi connectivity index (χ2n) is 3.80. The third-order valence-corrected chi connectivity index (χ3v) is 3.79. The molecule has 1 unspecified atom stereocenters. The molecule has 2 nitrogen and oxygen atoms in total. The van der Waals surface area contributed by atoms with Crippen molar-refractivity contribution in [2.45, 2.75) is 31.9 Å². The Morgan fingerprint density at radius 2 is 1.94 bits per heavy atom. The van der Waals surface area contributed by atoms with Gasteiger partial charge >= 0.3 is 0 Å². The highest BCUT2D eigenvalue weighted by Crippen LogP contribution is 2.07. The van der Waals surface area contributed by atoms with Crippen molar-refractivity contribution in [3.8, 4) is 6.07 Å². The highest BCUT2D eigenvalue weighted by Gasteiger charge is 2.01. The molecule has 1 atom stereocenters.